The molecule has 1 unspecified atom stereocenters. The highest BCUT2D eigenvalue weighted by atomic mass is 14.9. The third-order valence-corrected chi connectivity index (χ3v) is 3.80. The summed E-state index contributed by atoms with van der Waals surface area (Å²) in [4.78, 5) is 0. The van der Waals surface area contributed by atoms with E-state index in [2.05, 4.69) is 51.2 Å². The van der Waals surface area contributed by atoms with Gasteiger partial charge in [-0.25, -0.2) is 0 Å². The SMILES string of the molecule is CC(C)c1cccc2c1CC(C(C)C)CN2. The van der Waals surface area contributed by atoms with Crippen molar-refractivity contribution in [2.45, 2.75) is 40.0 Å². The van der Waals surface area contributed by atoms with Crippen LogP contribution in [-0.2, 0) is 6.42 Å². The Morgan fingerprint density at radius 2 is 1.94 bits per heavy atom. The molecule has 1 heteroatoms. The van der Waals surface area contributed by atoms with Crippen molar-refractivity contribution in [1.82, 2.24) is 0 Å². The summed E-state index contributed by atoms with van der Waals surface area (Å²) in [5.74, 6) is 2.18. The fourth-order valence-corrected chi connectivity index (χ4v) is 2.59. The van der Waals surface area contributed by atoms with Crippen molar-refractivity contribution in [3.05, 3.63) is 29.3 Å². The molecule has 1 aliphatic heterocycles. The fourth-order valence-electron chi connectivity index (χ4n) is 2.59. The Morgan fingerprint density at radius 1 is 1.19 bits per heavy atom. The first-order chi connectivity index (χ1) is 7.59. The molecule has 0 radical (unpaired) electrons. The van der Waals surface area contributed by atoms with Gasteiger partial charge in [0.2, 0.25) is 0 Å². The highest BCUT2D eigenvalue weighted by Gasteiger charge is 2.23. The van der Waals surface area contributed by atoms with E-state index in [-0.39, 0.29) is 0 Å². The van der Waals surface area contributed by atoms with Gasteiger partial charge in [-0.1, -0.05) is 39.8 Å². The molecule has 1 N–H and O–H groups in total. The molecule has 1 heterocycles. The van der Waals surface area contributed by atoms with Crippen LogP contribution in [-0.4, -0.2) is 6.54 Å². The van der Waals surface area contributed by atoms with Crippen molar-refractivity contribution in [2.24, 2.45) is 11.8 Å². The van der Waals surface area contributed by atoms with Crippen molar-refractivity contribution >= 4 is 5.69 Å². The van der Waals surface area contributed by atoms with Crippen LogP contribution < -0.4 is 5.32 Å². The van der Waals surface area contributed by atoms with E-state index < -0.39 is 0 Å². The molecule has 0 fully saturated rings. The van der Waals surface area contributed by atoms with E-state index in [1.165, 1.54) is 17.7 Å². The van der Waals surface area contributed by atoms with Gasteiger partial charge >= 0.3 is 0 Å². The summed E-state index contributed by atoms with van der Waals surface area (Å²) in [5.41, 5.74) is 4.45. The van der Waals surface area contributed by atoms with Crippen LogP contribution >= 0.6 is 0 Å². The lowest BCUT2D eigenvalue weighted by atomic mass is 9.82. The van der Waals surface area contributed by atoms with Crippen LogP contribution in [0.5, 0.6) is 0 Å². The summed E-state index contributed by atoms with van der Waals surface area (Å²) in [6, 6.07) is 6.68. The van der Waals surface area contributed by atoms with Crippen LogP contribution in [0.4, 0.5) is 5.69 Å². The van der Waals surface area contributed by atoms with Crippen molar-refractivity contribution < 1.29 is 0 Å². The monoisotopic (exact) mass is 217 g/mol. The lowest BCUT2D eigenvalue weighted by Gasteiger charge is -2.31. The van der Waals surface area contributed by atoms with E-state index in [1.54, 1.807) is 5.56 Å². The van der Waals surface area contributed by atoms with Gasteiger partial charge in [0.15, 0.2) is 0 Å². The fraction of sp³-hybridized carbons (Fsp3) is 0.600. The summed E-state index contributed by atoms with van der Waals surface area (Å²) < 4.78 is 0. The number of nitrogens with one attached hydrogen (secondary N) is 1. The van der Waals surface area contributed by atoms with E-state index in [9.17, 15) is 0 Å². The minimum atomic E-state index is 0.627. The molecule has 0 aromatic heterocycles. The maximum absolute atomic E-state index is 3.59. The predicted molar refractivity (Wildman–Crippen MR) is 71.1 cm³/mol. The summed E-state index contributed by atoms with van der Waals surface area (Å²) in [6.45, 7) is 10.4. The Balaban J connectivity index is 2.34. The molecule has 1 aliphatic rings. The number of anilines is 1. The van der Waals surface area contributed by atoms with E-state index in [0.717, 1.165) is 18.4 Å². The predicted octanol–water partition coefficient (Wildman–Crippen LogP) is 4.05. The largest absolute Gasteiger partial charge is 0.385 e. The zero-order valence-corrected chi connectivity index (χ0v) is 10.9. The summed E-state index contributed by atoms with van der Waals surface area (Å²) >= 11 is 0. The van der Waals surface area contributed by atoms with Crippen LogP contribution in [0.15, 0.2) is 18.2 Å². The Labute approximate surface area is 99.3 Å². The average molecular weight is 217 g/mol. The molecular formula is C15H23N. The van der Waals surface area contributed by atoms with Crippen LogP contribution in [0.2, 0.25) is 0 Å². The van der Waals surface area contributed by atoms with Gasteiger partial charge in [-0.05, 0) is 41.4 Å². The summed E-state index contributed by atoms with van der Waals surface area (Å²) in [6.07, 6.45) is 1.24. The number of fused-ring (bicyclic) bond motifs is 1. The molecule has 88 valence electrons. The Kier molecular flexibility index (Phi) is 3.22. The first-order valence-electron chi connectivity index (χ1n) is 6.45. The number of hydrogen-bond acceptors (Lipinski definition) is 1. The van der Waals surface area contributed by atoms with Gasteiger partial charge in [0.25, 0.3) is 0 Å². The molecule has 1 nitrogen and oxygen atoms in total. The van der Waals surface area contributed by atoms with E-state index >= 15 is 0 Å². The minimum Gasteiger partial charge on any atom is -0.385 e. The van der Waals surface area contributed by atoms with Crippen LogP contribution in [0.3, 0.4) is 0 Å². The third-order valence-electron chi connectivity index (χ3n) is 3.80. The molecule has 0 amide bonds. The quantitative estimate of drug-likeness (QED) is 0.788. The molecule has 0 saturated heterocycles. The van der Waals surface area contributed by atoms with E-state index in [1.807, 2.05) is 0 Å². The maximum atomic E-state index is 3.59. The highest BCUT2D eigenvalue weighted by Crippen LogP contribution is 2.33. The lowest BCUT2D eigenvalue weighted by molar-refractivity contribution is 0.392. The van der Waals surface area contributed by atoms with Gasteiger partial charge in [0.1, 0.15) is 0 Å². The second-order valence-electron chi connectivity index (χ2n) is 5.62. The highest BCUT2D eigenvalue weighted by molar-refractivity contribution is 5.57. The molecule has 1 aromatic carbocycles. The normalized spacial score (nSPS) is 19.8. The molecule has 1 aromatic rings. The zero-order valence-electron chi connectivity index (χ0n) is 10.9. The molecule has 1 atom stereocenters. The van der Waals surface area contributed by atoms with Gasteiger partial charge in [0.05, 0.1) is 0 Å². The van der Waals surface area contributed by atoms with Gasteiger partial charge in [-0.15, -0.1) is 0 Å². The molecular weight excluding hydrogens is 194 g/mol. The first-order valence-corrected chi connectivity index (χ1v) is 6.45. The van der Waals surface area contributed by atoms with Gasteiger partial charge in [-0.3, -0.25) is 0 Å². The van der Waals surface area contributed by atoms with Crippen LogP contribution in [0.25, 0.3) is 0 Å². The van der Waals surface area contributed by atoms with Crippen molar-refractivity contribution in [2.75, 3.05) is 11.9 Å². The minimum absolute atomic E-state index is 0.627. The Bertz CT molecular complexity index is 366. The smallest absolute Gasteiger partial charge is 0.0375 e. The Morgan fingerprint density at radius 3 is 2.56 bits per heavy atom. The van der Waals surface area contributed by atoms with Gasteiger partial charge in [-0.2, -0.15) is 0 Å². The second-order valence-corrected chi connectivity index (χ2v) is 5.62. The lowest BCUT2D eigenvalue weighted by Crippen LogP contribution is -2.27. The van der Waals surface area contributed by atoms with Crippen molar-refractivity contribution in [3.8, 4) is 0 Å². The molecule has 0 spiro atoms. The average Bonchev–Trinajstić information content (AvgIpc) is 2.27. The van der Waals surface area contributed by atoms with E-state index in [0.29, 0.717) is 5.92 Å². The van der Waals surface area contributed by atoms with E-state index in [4.69, 9.17) is 0 Å². The number of benzene rings is 1. The zero-order chi connectivity index (χ0) is 11.7. The molecule has 16 heavy (non-hydrogen) atoms. The molecule has 2 rings (SSSR count). The molecule has 0 bridgehead atoms. The van der Waals surface area contributed by atoms with Crippen LogP contribution in [0.1, 0.15) is 44.7 Å². The molecule has 0 saturated carbocycles. The number of rotatable bonds is 2. The Hall–Kier alpha value is -0.980. The first kappa shape index (κ1) is 11.5. The summed E-state index contributed by atoms with van der Waals surface area (Å²) in [5, 5.41) is 3.59. The standard InChI is InChI=1S/C15H23N/c1-10(2)12-8-14-13(11(3)4)6-5-7-15(14)16-9-12/h5-7,10-12,16H,8-9H2,1-4H3. The van der Waals surface area contributed by atoms with Crippen LogP contribution in [0, 0.1) is 11.8 Å². The maximum Gasteiger partial charge on any atom is 0.0375 e. The van der Waals surface area contributed by atoms with Crippen molar-refractivity contribution in [1.29, 1.82) is 0 Å². The van der Waals surface area contributed by atoms with Gasteiger partial charge < -0.3 is 5.32 Å². The van der Waals surface area contributed by atoms with Gasteiger partial charge in [0, 0.05) is 12.2 Å². The molecule has 0 aliphatic carbocycles. The second kappa shape index (κ2) is 4.48. The summed E-state index contributed by atoms with van der Waals surface area (Å²) in [7, 11) is 0. The number of hydrogen-bond donors (Lipinski definition) is 1. The van der Waals surface area contributed by atoms with Crippen molar-refractivity contribution in [3.63, 3.8) is 0 Å². The topological polar surface area (TPSA) is 12.0 Å². The third kappa shape index (κ3) is 2.09.